The fraction of sp³-hybridized carbons (Fsp3) is 0.435. The molecule has 0 saturated carbocycles. The number of aryl methyl sites for hydroxylation is 1. The van der Waals surface area contributed by atoms with E-state index in [0.717, 1.165) is 24.9 Å². The lowest BCUT2D eigenvalue weighted by Gasteiger charge is -2.35. The largest absolute Gasteiger partial charge is 0.339 e. The van der Waals surface area contributed by atoms with E-state index in [1.807, 2.05) is 17.0 Å². The number of amides is 1. The average Bonchev–Trinajstić information content (AvgIpc) is 3.40. The van der Waals surface area contributed by atoms with Gasteiger partial charge in [-0.3, -0.25) is 4.79 Å². The first-order valence-electron chi connectivity index (χ1n) is 10.4. The molecule has 1 aromatic carbocycles. The maximum atomic E-state index is 12.9. The van der Waals surface area contributed by atoms with Crippen LogP contribution in [0.5, 0.6) is 0 Å². The topological polar surface area (TPSA) is 59.2 Å². The minimum absolute atomic E-state index is 0.162. The van der Waals surface area contributed by atoms with Crippen LogP contribution in [-0.2, 0) is 17.6 Å². The van der Waals surface area contributed by atoms with E-state index < -0.39 is 0 Å². The highest BCUT2D eigenvalue weighted by Gasteiger charge is 2.30. The first-order chi connectivity index (χ1) is 14.1. The number of hydrogen-bond donors (Lipinski definition) is 0. The number of nitrogens with zero attached hydrogens (tertiary/aromatic N) is 3. The number of fused-ring (bicyclic) bond motifs is 1. The second-order valence-corrected chi connectivity index (χ2v) is 8.85. The van der Waals surface area contributed by atoms with Crippen LogP contribution in [0.4, 0.5) is 0 Å². The number of benzene rings is 1. The zero-order valence-electron chi connectivity index (χ0n) is 17.2. The zero-order valence-corrected chi connectivity index (χ0v) is 18.0. The van der Waals surface area contributed by atoms with Gasteiger partial charge in [-0.15, -0.1) is 11.3 Å². The highest BCUT2D eigenvalue weighted by Crippen LogP contribution is 2.35. The van der Waals surface area contributed by atoms with Gasteiger partial charge in [0.2, 0.25) is 17.6 Å². The monoisotopic (exact) mass is 409 g/mol. The summed E-state index contributed by atoms with van der Waals surface area (Å²) in [4.78, 5) is 20.8. The Morgan fingerprint density at radius 1 is 1.28 bits per heavy atom. The lowest BCUT2D eigenvalue weighted by atomic mass is 9.97. The van der Waals surface area contributed by atoms with Crippen LogP contribution in [0, 0.1) is 0 Å². The van der Waals surface area contributed by atoms with Crippen molar-refractivity contribution in [1.29, 1.82) is 0 Å². The van der Waals surface area contributed by atoms with Gasteiger partial charge in [-0.2, -0.15) is 4.98 Å². The third-order valence-electron chi connectivity index (χ3n) is 5.66. The minimum atomic E-state index is 0.162. The molecule has 1 aliphatic heterocycles. The summed E-state index contributed by atoms with van der Waals surface area (Å²) in [6, 6.07) is 10.6. The quantitative estimate of drug-likeness (QED) is 0.548. The van der Waals surface area contributed by atoms with E-state index in [9.17, 15) is 4.79 Å². The van der Waals surface area contributed by atoms with E-state index in [-0.39, 0.29) is 11.9 Å². The van der Waals surface area contributed by atoms with Crippen LogP contribution in [0.3, 0.4) is 0 Å². The van der Waals surface area contributed by atoms with Gasteiger partial charge in [0.25, 0.3) is 0 Å². The summed E-state index contributed by atoms with van der Waals surface area (Å²) in [6.45, 7) is 7.28. The molecule has 3 aromatic rings. The molecule has 1 amide bonds. The van der Waals surface area contributed by atoms with Crippen molar-refractivity contribution in [2.75, 3.05) is 6.54 Å². The molecule has 4 rings (SSSR count). The maximum absolute atomic E-state index is 12.9. The second kappa shape index (κ2) is 8.49. The Bertz CT molecular complexity index is 974. The summed E-state index contributed by atoms with van der Waals surface area (Å²) >= 11 is 1.80. The van der Waals surface area contributed by atoms with E-state index >= 15 is 0 Å². The van der Waals surface area contributed by atoms with E-state index in [1.54, 1.807) is 11.3 Å². The SMILES string of the molecule is CCC1c2ccsc2CCN1C(=O)CCc1nc(-c2ccc(C(C)C)cc2)no1. The Balaban J connectivity index is 1.39. The molecule has 1 atom stereocenters. The standard InChI is InChI=1S/C23H27N3O2S/c1-4-19-18-12-14-29-20(18)11-13-26(19)22(27)10-9-21-24-23(25-28-21)17-7-5-16(6-8-17)15(2)3/h5-8,12,14-15,19H,4,9-11,13H2,1-3H3. The van der Waals surface area contributed by atoms with Gasteiger partial charge in [-0.1, -0.05) is 50.2 Å². The van der Waals surface area contributed by atoms with E-state index in [1.165, 1.54) is 16.0 Å². The summed E-state index contributed by atoms with van der Waals surface area (Å²) in [7, 11) is 0. The lowest BCUT2D eigenvalue weighted by Crippen LogP contribution is -2.39. The lowest BCUT2D eigenvalue weighted by molar-refractivity contribution is -0.134. The molecule has 29 heavy (non-hydrogen) atoms. The van der Waals surface area contributed by atoms with Crippen LogP contribution >= 0.6 is 11.3 Å². The van der Waals surface area contributed by atoms with Crippen LogP contribution in [0.15, 0.2) is 40.2 Å². The molecular formula is C23H27N3O2S. The third kappa shape index (κ3) is 4.13. The zero-order chi connectivity index (χ0) is 20.4. The van der Waals surface area contributed by atoms with Gasteiger partial charge in [-0.25, -0.2) is 0 Å². The number of carbonyl (C=O) groups is 1. The molecule has 0 bridgehead atoms. The normalized spacial score (nSPS) is 16.3. The first-order valence-corrected chi connectivity index (χ1v) is 11.2. The molecule has 1 unspecified atom stereocenters. The van der Waals surface area contributed by atoms with Gasteiger partial charge in [0.15, 0.2) is 0 Å². The third-order valence-corrected chi connectivity index (χ3v) is 6.65. The van der Waals surface area contributed by atoms with E-state index in [0.29, 0.717) is 30.5 Å². The van der Waals surface area contributed by atoms with Crippen LogP contribution in [-0.4, -0.2) is 27.5 Å². The maximum Gasteiger partial charge on any atom is 0.227 e. The molecule has 2 aromatic heterocycles. The fourth-order valence-corrected chi connectivity index (χ4v) is 4.91. The minimum Gasteiger partial charge on any atom is -0.339 e. The van der Waals surface area contributed by atoms with Gasteiger partial charge in [-0.05, 0) is 41.3 Å². The predicted octanol–water partition coefficient (Wildman–Crippen LogP) is 5.39. The number of carbonyl (C=O) groups excluding carboxylic acids is 1. The molecule has 6 heteroatoms. The molecule has 0 spiro atoms. The predicted molar refractivity (Wildman–Crippen MR) is 115 cm³/mol. The molecule has 5 nitrogen and oxygen atoms in total. The van der Waals surface area contributed by atoms with Crippen molar-refractivity contribution < 1.29 is 9.32 Å². The Kier molecular flexibility index (Phi) is 5.81. The highest BCUT2D eigenvalue weighted by atomic mass is 32.1. The highest BCUT2D eigenvalue weighted by molar-refractivity contribution is 7.10. The average molecular weight is 410 g/mol. The van der Waals surface area contributed by atoms with Crippen LogP contribution in [0.1, 0.15) is 67.5 Å². The summed E-state index contributed by atoms with van der Waals surface area (Å²) in [5, 5.41) is 6.23. The van der Waals surface area contributed by atoms with Crippen LogP contribution in [0.25, 0.3) is 11.4 Å². The Hall–Kier alpha value is -2.47. The first kappa shape index (κ1) is 19.8. The van der Waals surface area contributed by atoms with Crippen molar-refractivity contribution in [3.05, 3.63) is 57.6 Å². The molecule has 152 valence electrons. The summed E-state index contributed by atoms with van der Waals surface area (Å²) < 4.78 is 5.40. The Morgan fingerprint density at radius 3 is 2.79 bits per heavy atom. The van der Waals surface area contributed by atoms with Crippen molar-refractivity contribution in [2.24, 2.45) is 0 Å². The number of rotatable bonds is 6. The van der Waals surface area contributed by atoms with Crippen molar-refractivity contribution in [3.63, 3.8) is 0 Å². The van der Waals surface area contributed by atoms with E-state index in [4.69, 9.17) is 4.52 Å². The molecule has 3 heterocycles. The van der Waals surface area contributed by atoms with Crippen molar-refractivity contribution >= 4 is 17.2 Å². The molecule has 1 aliphatic rings. The summed E-state index contributed by atoms with van der Waals surface area (Å²) in [6.07, 6.45) is 2.75. The number of aromatic nitrogens is 2. The smallest absolute Gasteiger partial charge is 0.227 e. The van der Waals surface area contributed by atoms with Gasteiger partial charge in [0.05, 0.1) is 6.04 Å². The van der Waals surface area contributed by atoms with Gasteiger partial charge in [0.1, 0.15) is 0 Å². The van der Waals surface area contributed by atoms with Crippen LogP contribution in [0.2, 0.25) is 0 Å². The Labute approximate surface area is 175 Å². The fourth-order valence-electron chi connectivity index (χ4n) is 3.98. The molecule has 0 radical (unpaired) electrons. The summed E-state index contributed by atoms with van der Waals surface area (Å²) in [5.74, 6) is 1.75. The van der Waals surface area contributed by atoms with Gasteiger partial charge >= 0.3 is 0 Å². The molecule has 0 fully saturated rings. The number of thiophene rings is 1. The Morgan fingerprint density at radius 2 is 2.07 bits per heavy atom. The van der Waals surface area contributed by atoms with Gasteiger partial charge in [0, 0.05) is 29.8 Å². The molecular weight excluding hydrogens is 382 g/mol. The van der Waals surface area contributed by atoms with Crippen LogP contribution < -0.4 is 0 Å². The number of hydrogen-bond acceptors (Lipinski definition) is 5. The molecule has 0 aliphatic carbocycles. The van der Waals surface area contributed by atoms with E-state index in [2.05, 4.69) is 54.5 Å². The molecule has 0 saturated heterocycles. The molecule has 0 N–H and O–H groups in total. The van der Waals surface area contributed by atoms with Crippen molar-refractivity contribution in [3.8, 4) is 11.4 Å². The van der Waals surface area contributed by atoms with Crippen molar-refractivity contribution in [2.45, 2.75) is 58.4 Å². The summed E-state index contributed by atoms with van der Waals surface area (Å²) in [5.41, 5.74) is 3.54. The second-order valence-electron chi connectivity index (χ2n) is 7.85. The van der Waals surface area contributed by atoms with Crippen molar-refractivity contribution in [1.82, 2.24) is 15.0 Å². The van der Waals surface area contributed by atoms with Gasteiger partial charge < -0.3 is 9.42 Å².